The second kappa shape index (κ2) is 5.48. The fourth-order valence-electron chi connectivity index (χ4n) is 1.76. The van der Waals surface area contributed by atoms with Crippen LogP contribution in [0.25, 0.3) is 0 Å². The van der Waals surface area contributed by atoms with Crippen molar-refractivity contribution in [1.29, 1.82) is 0 Å². The Labute approximate surface area is 117 Å². The lowest BCUT2D eigenvalue weighted by atomic mass is 9.91. The highest BCUT2D eigenvalue weighted by atomic mass is 32.1. The van der Waals surface area contributed by atoms with E-state index in [1.54, 1.807) is 30.6 Å². The number of anilines is 2. The number of nitrogens with two attached hydrogens (primary N) is 1. The van der Waals surface area contributed by atoms with Crippen molar-refractivity contribution in [3.63, 3.8) is 0 Å². The van der Waals surface area contributed by atoms with Crippen molar-refractivity contribution in [2.75, 3.05) is 24.7 Å². The summed E-state index contributed by atoms with van der Waals surface area (Å²) in [6, 6.07) is 7.77. The molecule has 0 aromatic carbocycles. The number of rotatable bonds is 5. The monoisotopic (exact) mass is 277 g/mol. The van der Waals surface area contributed by atoms with Crippen LogP contribution in [0.5, 0.6) is 5.88 Å². The Morgan fingerprint density at radius 3 is 2.79 bits per heavy atom. The van der Waals surface area contributed by atoms with Crippen molar-refractivity contribution in [3.8, 4) is 5.88 Å². The minimum atomic E-state index is 0.0331. The average molecular weight is 277 g/mol. The molecule has 19 heavy (non-hydrogen) atoms. The molecule has 2 rings (SSSR count). The van der Waals surface area contributed by atoms with Crippen molar-refractivity contribution in [2.24, 2.45) is 0 Å². The van der Waals surface area contributed by atoms with E-state index in [1.807, 2.05) is 0 Å². The first-order valence-corrected chi connectivity index (χ1v) is 6.99. The summed E-state index contributed by atoms with van der Waals surface area (Å²) in [5, 5.41) is 5.40. The molecule has 102 valence electrons. The summed E-state index contributed by atoms with van der Waals surface area (Å²) in [6.45, 7) is 5.16. The van der Waals surface area contributed by atoms with Crippen LogP contribution in [0.4, 0.5) is 11.5 Å². The van der Waals surface area contributed by atoms with Gasteiger partial charge >= 0.3 is 0 Å². The molecule has 0 radical (unpaired) electrons. The van der Waals surface area contributed by atoms with Gasteiger partial charge in [-0.1, -0.05) is 19.9 Å². The maximum atomic E-state index is 5.91. The number of nitrogens with one attached hydrogen (secondary N) is 1. The summed E-state index contributed by atoms with van der Waals surface area (Å²) in [6.07, 6.45) is 0. The Balaban J connectivity index is 2.10. The summed E-state index contributed by atoms with van der Waals surface area (Å²) >= 11 is 1.76. The van der Waals surface area contributed by atoms with Gasteiger partial charge in [0.15, 0.2) is 5.82 Å². The van der Waals surface area contributed by atoms with Crippen LogP contribution in [0.1, 0.15) is 18.7 Å². The van der Waals surface area contributed by atoms with E-state index in [9.17, 15) is 0 Å². The van der Waals surface area contributed by atoms with Gasteiger partial charge in [-0.05, 0) is 17.5 Å². The first-order valence-electron chi connectivity index (χ1n) is 6.11. The number of thiophene rings is 1. The number of nitrogen functional groups attached to an aromatic ring is 1. The number of pyridine rings is 1. The van der Waals surface area contributed by atoms with Gasteiger partial charge in [0, 0.05) is 22.9 Å². The number of hydrogen-bond donors (Lipinski definition) is 2. The predicted octanol–water partition coefficient (Wildman–Crippen LogP) is 3.12. The fraction of sp³-hybridized carbons (Fsp3) is 0.357. The summed E-state index contributed by atoms with van der Waals surface area (Å²) in [4.78, 5) is 5.65. The standard InChI is InChI=1S/C14H19N3OS/c1-14(2,11-5-4-8-19-11)9-16-13-10(15)6-7-12(17-13)18-3/h4-8H,9,15H2,1-3H3,(H,16,17). The van der Waals surface area contributed by atoms with Crippen LogP contribution < -0.4 is 15.8 Å². The van der Waals surface area contributed by atoms with Gasteiger partial charge in [-0.3, -0.25) is 0 Å². The van der Waals surface area contributed by atoms with E-state index < -0.39 is 0 Å². The summed E-state index contributed by atoms with van der Waals surface area (Å²) in [5.74, 6) is 1.23. The van der Waals surface area contributed by atoms with E-state index in [1.165, 1.54) is 4.88 Å². The second-order valence-electron chi connectivity index (χ2n) is 5.01. The number of aromatic nitrogens is 1. The van der Waals surface area contributed by atoms with E-state index >= 15 is 0 Å². The molecule has 0 spiro atoms. The number of methoxy groups -OCH3 is 1. The first-order chi connectivity index (χ1) is 9.03. The minimum absolute atomic E-state index is 0.0331. The van der Waals surface area contributed by atoms with Crippen molar-refractivity contribution in [2.45, 2.75) is 19.3 Å². The van der Waals surface area contributed by atoms with Crippen LogP contribution in [0.3, 0.4) is 0 Å². The lowest BCUT2D eigenvalue weighted by Gasteiger charge is -2.24. The van der Waals surface area contributed by atoms with Gasteiger partial charge in [-0.25, -0.2) is 0 Å². The molecule has 0 aliphatic carbocycles. The fourth-order valence-corrected chi connectivity index (χ4v) is 2.61. The molecule has 2 heterocycles. The third-order valence-corrected chi connectivity index (χ3v) is 4.23. The van der Waals surface area contributed by atoms with Crippen molar-refractivity contribution in [3.05, 3.63) is 34.5 Å². The molecule has 0 aliphatic heterocycles. The van der Waals surface area contributed by atoms with Crippen LogP contribution in [0.2, 0.25) is 0 Å². The lowest BCUT2D eigenvalue weighted by molar-refractivity contribution is 0.398. The van der Waals surface area contributed by atoms with Crippen LogP contribution in [-0.2, 0) is 5.41 Å². The Morgan fingerprint density at radius 2 is 2.16 bits per heavy atom. The molecule has 5 heteroatoms. The molecule has 2 aromatic heterocycles. The zero-order valence-electron chi connectivity index (χ0n) is 11.4. The molecular formula is C14H19N3OS. The highest BCUT2D eigenvalue weighted by Crippen LogP contribution is 2.28. The molecule has 0 amide bonds. The number of ether oxygens (including phenoxy) is 1. The molecule has 0 aliphatic rings. The van der Waals surface area contributed by atoms with Crippen LogP contribution in [0.15, 0.2) is 29.6 Å². The maximum absolute atomic E-state index is 5.91. The predicted molar refractivity (Wildman–Crippen MR) is 81.0 cm³/mol. The Bertz CT molecular complexity index is 538. The maximum Gasteiger partial charge on any atom is 0.215 e. The third-order valence-electron chi connectivity index (χ3n) is 3.00. The summed E-state index contributed by atoms with van der Waals surface area (Å²) in [7, 11) is 1.60. The molecule has 0 fully saturated rings. The Hall–Kier alpha value is -1.75. The van der Waals surface area contributed by atoms with Crippen molar-refractivity contribution >= 4 is 22.8 Å². The summed E-state index contributed by atoms with van der Waals surface area (Å²) in [5.41, 5.74) is 6.57. The molecule has 0 unspecified atom stereocenters. The van der Waals surface area contributed by atoms with E-state index in [2.05, 4.69) is 41.7 Å². The topological polar surface area (TPSA) is 60.2 Å². The molecule has 0 saturated carbocycles. The number of nitrogens with zero attached hydrogens (tertiary/aromatic N) is 1. The van der Waals surface area contributed by atoms with E-state index in [0.29, 0.717) is 17.4 Å². The highest BCUT2D eigenvalue weighted by Gasteiger charge is 2.22. The van der Waals surface area contributed by atoms with Gasteiger partial charge in [-0.2, -0.15) is 4.98 Å². The normalized spacial score (nSPS) is 11.3. The molecule has 0 atom stereocenters. The van der Waals surface area contributed by atoms with Gasteiger partial charge in [0.1, 0.15) is 0 Å². The van der Waals surface area contributed by atoms with Gasteiger partial charge in [-0.15, -0.1) is 11.3 Å². The second-order valence-corrected chi connectivity index (χ2v) is 5.95. The van der Waals surface area contributed by atoms with Gasteiger partial charge in [0.2, 0.25) is 5.88 Å². The van der Waals surface area contributed by atoms with Crippen molar-refractivity contribution in [1.82, 2.24) is 4.98 Å². The largest absolute Gasteiger partial charge is 0.481 e. The van der Waals surface area contributed by atoms with E-state index in [4.69, 9.17) is 10.5 Å². The van der Waals surface area contributed by atoms with Gasteiger partial charge in [0.05, 0.1) is 12.8 Å². The summed E-state index contributed by atoms with van der Waals surface area (Å²) < 4.78 is 5.11. The molecular weight excluding hydrogens is 258 g/mol. The van der Waals surface area contributed by atoms with Crippen LogP contribution >= 0.6 is 11.3 Å². The van der Waals surface area contributed by atoms with Crippen LogP contribution in [0, 0.1) is 0 Å². The zero-order chi connectivity index (χ0) is 13.9. The molecule has 0 saturated heterocycles. The lowest BCUT2D eigenvalue weighted by Crippen LogP contribution is -2.27. The first kappa shape index (κ1) is 13.7. The third kappa shape index (κ3) is 3.17. The Morgan fingerprint density at radius 1 is 1.37 bits per heavy atom. The molecule has 2 aromatic rings. The van der Waals surface area contributed by atoms with Gasteiger partial charge in [0.25, 0.3) is 0 Å². The molecule has 3 N–H and O–H groups in total. The molecule has 4 nitrogen and oxygen atoms in total. The SMILES string of the molecule is COc1ccc(N)c(NCC(C)(C)c2cccs2)n1. The zero-order valence-corrected chi connectivity index (χ0v) is 12.3. The van der Waals surface area contributed by atoms with Crippen molar-refractivity contribution < 1.29 is 4.74 Å². The number of hydrogen-bond acceptors (Lipinski definition) is 5. The minimum Gasteiger partial charge on any atom is -0.481 e. The van der Waals surface area contributed by atoms with Gasteiger partial charge < -0.3 is 15.8 Å². The average Bonchev–Trinajstić information content (AvgIpc) is 2.92. The Kier molecular flexibility index (Phi) is 3.95. The van der Waals surface area contributed by atoms with E-state index in [0.717, 1.165) is 6.54 Å². The molecule has 0 bridgehead atoms. The van der Waals surface area contributed by atoms with Crippen LogP contribution in [-0.4, -0.2) is 18.6 Å². The highest BCUT2D eigenvalue weighted by molar-refractivity contribution is 7.10. The van der Waals surface area contributed by atoms with E-state index in [-0.39, 0.29) is 5.41 Å². The smallest absolute Gasteiger partial charge is 0.215 e. The quantitative estimate of drug-likeness (QED) is 0.881.